The summed E-state index contributed by atoms with van der Waals surface area (Å²) in [7, 11) is -3.43. The molecule has 1 amide bonds. The van der Waals surface area contributed by atoms with E-state index in [1.807, 2.05) is 18.7 Å². The van der Waals surface area contributed by atoms with Crippen LogP contribution in [-0.2, 0) is 21.2 Å². The van der Waals surface area contributed by atoms with Crippen LogP contribution in [0.2, 0.25) is 0 Å². The Hall–Kier alpha value is -1.44. The normalized spacial score (nSPS) is 20.7. The van der Waals surface area contributed by atoms with Crippen LogP contribution in [0.4, 0.5) is 0 Å². The predicted octanol–water partition coefficient (Wildman–Crippen LogP) is 1.85. The van der Waals surface area contributed by atoms with Gasteiger partial charge in [0.15, 0.2) is 0 Å². The number of likely N-dealkylation sites (tertiary alicyclic amines) is 1. The Labute approximate surface area is 157 Å². The summed E-state index contributed by atoms with van der Waals surface area (Å²) in [5, 5.41) is 0. The Bertz CT molecular complexity index is 699. The van der Waals surface area contributed by atoms with E-state index in [1.54, 1.807) is 24.3 Å². The molecule has 0 spiro atoms. The molecule has 0 bridgehead atoms. The minimum Gasteiger partial charge on any atom is -0.340 e. The summed E-state index contributed by atoms with van der Waals surface area (Å²) >= 11 is 0. The van der Waals surface area contributed by atoms with Gasteiger partial charge >= 0.3 is 0 Å². The number of aryl methyl sites for hydroxylation is 1. The number of nitrogens with two attached hydrogens (primary N) is 1. The molecule has 2 unspecified atom stereocenters. The van der Waals surface area contributed by atoms with E-state index in [4.69, 9.17) is 5.73 Å². The van der Waals surface area contributed by atoms with Gasteiger partial charge in [-0.05, 0) is 49.9 Å². The maximum atomic E-state index is 12.5. The molecule has 1 heterocycles. The van der Waals surface area contributed by atoms with Crippen molar-refractivity contribution in [2.24, 2.45) is 11.7 Å². The topological polar surface area (TPSA) is 83.7 Å². The summed E-state index contributed by atoms with van der Waals surface area (Å²) in [5.41, 5.74) is 6.69. The minimum atomic E-state index is -3.43. The van der Waals surface area contributed by atoms with Gasteiger partial charge in [0, 0.05) is 32.1 Å². The fourth-order valence-electron chi connectivity index (χ4n) is 3.60. The summed E-state index contributed by atoms with van der Waals surface area (Å²) in [5.74, 6) is 0.548. The molecular formula is C19H31N3O3S. The van der Waals surface area contributed by atoms with E-state index >= 15 is 0 Å². The molecule has 1 aliphatic rings. The fraction of sp³-hybridized carbons (Fsp3) is 0.632. The molecule has 2 N–H and O–H groups in total. The molecule has 1 aromatic carbocycles. The third-order valence-electron chi connectivity index (χ3n) is 5.21. The van der Waals surface area contributed by atoms with Crippen molar-refractivity contribution >= 4 is 15.9 Å². The zero-order valence-corrected chi connectivity index (χ0v) is 16.8. The van der Waals surface area contributed by atoms with Crippen molar-refractivity contribution in [3.05, 3.63) is 29.8 Å². The first-order chi connectivity index (χ1) is 12.3. The van der Waals surface area contributed by atoms with Gasteiger partial charge in [0.25, 0.3) is 0 Å². The molecule has 1 aliphatic heterocycles. The molecule has 7 heteroatoms. The number of hydrogen-bond donors (Lipinski definition) is 1. The predicted molar refractivity (Wildman–Crippen MR) is 103 cm³/mol. The number of nitrogens with zero attached hydrogens (tertiary/aromatic N) is 2. The lowest BCUT2D eigenvalue weighted by Gasteiger charge is -2.21. The fourth-order valence-corrected chi connectivity index (χ4v) is 5.05. The monoisotopic (exact) mass is 381 g/mol. The largest absolute Gasteiger partial charge is 0.340 e. The maximum Gasteiger partial charge on any atom is 0.243 e. The summed E-state index contributed by atoms with van der Waals surface area (Å²) < 4.78 is 26.4. The number of benzene rings is 1. The van der Waals surface area contributed by atoms with Crippen LogP contribution in [0, 0.1) is 5.92 Å². The van der Waals surface area contributed by atoms with Crippen LogP contribution in [0.15, 0.2) is 29.2 Å². The smallest absolute Gasteiger partial charge is 0.243 e. The van der Waals surface area contributed by atoms with Gasteiger partial charge in [0.05, 0.1) is 4.90 Å². The van der Waals surface area contributed by atoms with Crippen LogP contribution in [0.3, 0.4) is 0 Å². The zero-order chi connectivity index (χ0) is 19.3. The van der Waals surface area contributed by atoms with Gasteiger partial charge in [-0.25, -0.2) is 8.42 Å². The average molecular weight is 382 g/mol. The van der Waals surface area contributed by atoms with E-state index < -0.39 is 10.0 Å². The quantitative estimate of drug-likeness (QED) is 0.745. The molecule has 0 saturated carbocycles. The van der Waals surface area contributed by atoms with Crippen LogP contribution in [0.25, 0.3) is 0 Å². The molecule has 1 fully saturated rings. The molecule has 2 atom stereocenters. The minimum absolute atomic E-state index is 0.147. The van der Waals surface area contributed by atoms with E-state index in [0.717, 1.165) is 18.5 Å². The lowest BCUT2D eigenvalue weighted by atomic mass is 10.1. The van der Waals surface area contributed by atoms with E-state index in [2.05, 4.69) is 6.92 Å². The highest BCUT2D eigenvalue weighted by molar-refractivity contribution is 7.89. The molecule has 1 saturated heterocycles. The lowest BCUT2D eigenvalue weighted by Crippen LogP contribution is -2.34. The second kappa shape index (κ2) is 8.97. The molecule has 0 aromatic heterocycles. The molecule has 0 radical (unpaired) electrons. The van der Waals surface area contributed by atoms with Gasteiger partial charge in [-0.3, -0.25) is 4.79 Å². The number of carbonyl (C=O) groups excluding carboxylic acids is 1. The van der Waals surface area contributed by atoms with Crippen molar-refractivity contribution < 1.29 is 13.2 Å². The summed E-state index contributed by atoms with van der Waals surface area (Å²) in [6.45, 7) is 8.00. The first kappa shape index (κ1) is 20.9. The maximum absolute atomic E-state index is 12.5. The second-order valence-electron chi connectivity index (χ2n) is 6.97. The number of carbonyl (C=O) groups is 1. The highest BCUT2D eigenvalue weighted by Gasteiger charge is 2.31. The first-order valence-corrected chi connectivity index (χ1v) is 10.9. The molecule has 6 nitrogen and oxygen atoms in total. The Morgan fingerprint density at radius 1 is 1.23 bits per heavy atom. The standard InChI is InChI=1S/C19H31N3O3S/c1-4-21(5-2)26(24,25)18-9-6-16(7-10-18)8-11-19(23)22-14-17(13-20)12-15(22)3/h6-7,9-10,15,17H,4-5,8,11-14,20H2,1-3H3. The zero-order valence-electron chi connectivity index (χ0n) is 16.0. The van der Waals surface area contributed by atoms with Crippen LogP contribution in [0.1, 0.15) is 39.2 Å². The first-order valence-electron chi connectivity index (χ1n) is 9.42. The molecule has 26 heavy (non-hydrogen) atoms. The average Bonchev–Trinajstić information content (AvgIpc) is 3.02. The van der Waals surface area contributed by atoms with E-state index in [0.29, 0.717) is 43.3 Å². The van der Waals surface area contributed by atoms with Crippen molar-refractivity contribution in [2.45, 2.75) is 51.0 Å². The van der Waals surface area contributed by atoms with Crippen molar-refractivity contribution in [2.75, 3.05) is 26.2 Å². The van der Waals surface area contributed by atoms with Crippen molar-refractivity contribution in [1.29, 1.82) is 0 Å². The van der Waals surface area contributed by atoms with Crippen molar-refractivity contribution in [3.63, 3.8) is 0 Å². The third-order valence-corrected chi connectivity index (χ3v) is 7.27. The molecule has 146 valence electrons. The van der Waals surface area contributed by atoms with E-state index in [9.17, 15) is 13.2 Å². The Balaban J connectivity index is 1.96. The lowest BCUT2D eigenvalue weighted by molar-refractivity contribution is -0.131. The third kappa shape index (κ3) is 4.64. The molecule has 0 aliphatic carbocycles. The summed E-state index contributed by atoms with van der Waals surface area (Å²) in [6.07, 6.45) is 2.02. The van der Waals surface area contributed by atoms with Gasteiger partial charge in [0.2, 0.25) is 15.9 Å². The van der Waals surface area contributed by atoms with Crippen LogP contribution >= 0.6 is 0 Å². The van der Waals surface area contributed by atoms with E-state index in [-0.39, 0.29) is 11.9 Å². The summed E-state index contributed by atoms with van der Waals surface area (Å²) in [6, 6.07) is 7.13. The van der Waals surface area contributed by atoms with Crippen LogP contribution in [-0.4, -0.2) is 55.8 Å². The van der Waals surface area contributed by atoms with Gasteiger partial charge in [-0.2, -0.15) is 4.31 Å². The molecular weight excluding hydrogens is 350 g/mol. The highest BCUT2D eigenvalue weighted by Crippen LogP contribution is 2.23. The van der Waals surface area contributed by atoms with Crippen molar-refractivity contribution in [1.82, 2.24) is 9.21 Å². The van der Waals surface area contributed by atoms with E-state index in [1.165, 1.54) is 4.31 Å². The second-order valence-corrected chi connectivity index (χ2v) is 8.90. The number of rotatable bonds is 8. The van der Waals surface area contributed by atoms with Gasteiger partial charge in [0.1, 0.15) is 0 Å². The Morgan fingerprint density at radius 2 is 1.85 bits per heavy atom. The summed E-state index contributed by atoms with van der Waals surface area (Å²) in [4.78, 5) is 14.7. The molecule has 1 aromatic rings. The van der Waals surface area contributed by atoms with Gasteiger partial charge in [-0.15, -0.1) is 0 Å². The Morgan fingerprint density at radius 3 is 2.35 bits per heavy atom. The highest BCUT2D eigenvalue weighted by atomic mass is 32.2. The van der Waals surface area contributed by atoms with Crippen LogP contribution in [0.5, 0.6) is 0 Å². The van der Waals surface area contributed by atoms with Crippen LogP contribution < -0.4 is 5.73 Å². The Kier molecular flexibility index (Phi) is 7.20. The number of amides is 1. The molecule has 2 rings (SSSR count). The number of hydrogen-bond acceptors (Lipinski definition) is 4. The SMILES string of the molecule is CCN(CC)S(=O)(=O)c1ccc(CCC(=O)N2CC(CN)CC2C)cc1. The van der Waals surface area contributed by atoms with Gasteiger partial charge < -0.3 is 10.6 Å². The number of sulfonamides is 1. The van der Waals surface area contributed by atoms with Crippen molar-refractivity contribution in [3.8, 4) is 0 Å². The van der Waals surface area contributed by atoms with Gasteiger partial charge in [-0.1, -0.05) is 26.0 Å².